The molecule has 0 heterocycles. The highest BCUT2D eigenvalue weighted by molar-refractivity contribution is 5.72. The highest BCUT2D eigenvalue weighted by Crippen LogP contribution is 2.10. The van der Waals surface area contributed by atoms with Crippen LogP contribution >= 0.6 is 0 Å². The van der Waals surface area contributed by atoms with E-state index in [1.165, 1.54) is 0 Å². The molecule has 0 bridgehead atoms. The van der Waals surface area contributed by atoms with Crippen LogP contribution in [0.1, 0.15) is 59.8 Å². The number of amides is 1. The smallest absolute Gasteiger partial charge is 0.410 e. The van der Waals surface area contributed by atoms with Crippen LogP contribution in [0.15, 0.2) is 0 Å². The third-order valence-corrected chi connectivity index (χ3v) is 3.01. The van der Waals surface area contributed by atoms with Crippen LogP contribution in [0, 0.1) is 0 Å². The van der Waals surface area contributed by atoms with Gasteiger partial charge in [0.1, 0.15) is 0 Å². The number of esters is 1. The fraction of sp³-hybridized carbons (Fsp3) is 0.867. The van der Waals surface area contributed by atoms with Gasteiger partial charge in [-0.25, -0.2) is 4.79 Å². The predicted molar refractivity (Wildman–Crippen MR) is 78.6 cm³/mol. The molecule has 0 radical (unpaired) electrons. The van der Waals surface area contributed by atoms with Crippen molar-refractivity contribution in [1.29, 1.82) is 0 Å². The van der Waals surface area contributed by atoms with Gasteiger partial charge in [0.25, 0.3) is 0 Å². The van der Waals surface area contributed by atoms with Crippen LogP contribution in [0.25, 0.3) is 0 Å². The first-order valence-corrected chi connectivity index (χ1v) is 7.65. The van der Waals surface area contributed by atoms with E-state index in [0.717, 1.165) is 25.7 Å². The Morgan fingerprint density at radius 1 is 1.05 bits per heavy atom. The summed E-state index contributed by atoms with van der Waals surface area (Å²) in [7, 11) is 0. The minimum atomic E-state index is -0.330. The van der Waals surface area contributed by atoms with Crippen molar-refractivity contribution in [2.75, 3.05) is 19.8 Å². The summed E-state index contributed by atoms with van der Waals surface area (Å²) in [6.07, 6.45) is 3.62. The van der Waals surface area contributed by atoms with Gasteiger partial charge < -0.3 is 14.4 Å². The van der Waals surface area contributed by atoms with Gasteiger partial charge in [-0.2, -0.15) is 0 Å². The molecule has 0 aliphatic carbocycles. The molecule has 0 N–H and O–H groups in total. The standard InChI is InChI=1S/C15H29NO4/c1-5-8-10-16(15(18)20-11-9-6-2)13(4)12-14(17)19-7-3/h13H,5-12H2,1-4H3. The van der Waals surface area contributed by atoms with Gasteiger partial charge in [0.2, 0.25) is 0 Å². The fourth-order valence-electron chi connectivity index (χ4n) is 1.78. The fourth-order valence-corrected chi connectivity index (χ4v) is 1.78. The van der Waals surface area contributed by atoms with E-state index < -0.39 is 0 Å². The summed E-state index contributed by atoms with van der Waals surface area (Å²) in [5, 5.41) is 0. The Hall–Kier alpha value is -1.26. The summed E-state index contributed by atoms with van der Waals surface area (Å²) < 4.78 is 10.2. The van der Waals surface area contributed by atoms with Gasteiger partial charge in [-0.15, -0.1) is 0 Å². The van der Waals surface area contributed by atoms with E-state index in [-0.39, 0.29) is 24.5 Å². The minimum absolute atomic E-state index is 0.199. The van der Waals surface area contributed by atoms with Crippen LogP contribution in [-0.4, -0.2) is 42.8 Å². The van der Waals surface area contributed by atoms with Gasteiger partial charge in [0, 0.05) is 12.6 Å². The molecule has 0 rings (SSSR count). The van der Waals surface area contributed by atoms with Gasteiger partial charge in [0.05, 0.1) is 19.6 Å². The number of carbonyl (C=O) groups is 2. The molecule has 1 amide bonds. The van der Waals surface area contributed by atoms with E-state index >= 15 is 0 Å². The molecule has 118 valence electrons. The van der Waals surface area contributed by atoms with Crippen molar-refractivity contribution in [3.05, 3.63) is 0 Å². The molecule has 0 aromatic carbocycles. The van der Waals surface area contributed by atoms with Gasteiger partial charge in [-0.05, 0) is 26.7 Å². The number of ether oxygens (including phenoxy) is 2. The Balaban J connectivity index is 4.43. The third kappa shape index (κ3) is 8.02. The summed E-state index contributed by atoms with van der Waals surface area (Å²) in [5.41, 5.74) is 0. The van der Waals surface area contributed by atoms with Crippen LogP contribution in [0.3, 0.4) is 0 Å². The number of rotatable bonds is 10. The van der Waals surface area contributed by atoms with Crippen molar-refractivity contribution in [1.82, 2.24) is 4.90 Å². The maximum absolute atomic E-state index is 12.1. The maximum atomic E-state index is 12.1. The Bertz CT molecular complexity index is 281. The Morgan fingerprint density at radius 3 is 2.25 bits per heavy atom. The van der Waals surface area contributed by atoms with E-state index in [2.05, 4.69) is 6.92 Å². The first kappa shape index (κ1) is 18.7. The number of carbonyl (C=O) groups excluding carboxylic acids is 2. The number of hydrogen-bond donors (Lipinski definition) is 0. The lowest BCUT2D eigenvalue weighted by molar-refractivity contribution is -0.144. The number of nitrogens with zero attached hydrogens (tertiary/aromatic N) is 1. The van der Waals surface area contributed by atoms with Crippen molar-refractivity contribution in [3.63, 3.8) is 0 Å². The van der Waals surface area contributed by atoms with Gasteiger partial charge in [-0.1, -0.05) is 26.7 Å². The Kier molecular flexibility index (Phi) is 10.8. The van der Waals surface area contributed by atoms with Crippen LogP contribution < -0.4 is 0 Å². The summed E-state index contributed by atoms with van der Waals surface area (Å²) >= 11 is 0. The van der Waals surface area contributed by atoms with Crippen molar-refractivity contribution in [3.8, 4) is 0 Å². The SMILES string of the molecule is CCCCOC(=O)N(CCCC)C(C)CC(=O)OCC. The lowest BCUT2D eigenvalue weighted by Gasteiger charge is -2.28. The summed E-state index contributed by atoms with van der Waals surface area (Å²) in [5.74, 6) is -0.275. The topological polar surface area (TPSA) is 55.8 Å². The molecule has 0 fully saturated rings. The summed E-state index contributed by atoms with van der Waals surface area (Å²) in [6.45, 7) is 9.15. The first-order valence-electron chi connectivity index (χ1n) is 7.65. The lowest BCUT2D eigenvalue weighted by Crippen LogP contribution is -2.41. The highest BCUT2D eigenvalue weighted by Gasteiger charge is 2.23. The molecule has 0 spiro atoms. The van der Waals surface area contributed by atoms with Gasteiger partial charge in [0.15, 0.2) is 0 Å². The first-order chi connectivity index (χ1) is 9.56. The van der Waals surface area contributed by atoms with Crippen LogP contribution in [0.4, 0.5) is 4.79 Å². The zero-order valence-electron chi connectivity index (χ0n) is 13.3. The molecule has 0 aromatic heterocycles. The second kappa shape index (κ2) is 11.6. The molecule has 5 heteroatoms. The zero-order valence-corrected chi connectivity index (χ0v) is 13.3. The molecule has 0 aliphatic rings. The molecule has 1 unspecified atom stereocenters. The predicted octanol–water partition coefficient (Wildman–Crippen LogP) is 3.37. The minimum Gasteiger partial charge on any atom is -0.466 e. The number of unbranched alkanes of at least 4 members (excludes halogenated alkanes) is 2. The van der Waals surface area contributed by atoms with Crippen LogP contribution in [-0.2, 0) is 14.3 Å². The number of hydrogen-bond acceptors (Lipinski definition) is 4. The average Bonchev–Trinajstić information content (AvgIpc) is 2.39. The molecule has 0 saturated carbocycles. The molecule has 5 nitrogen and oxygen atoms in total. The quantitative estimate of drug-likeness (QED) is 0.456. The average molecular weight is 287 g/mol. The molecule has 0 saturated heterocycles. The van der Waals surface area contributed by atoms with Gasteiger partial charge in [-0.3, -0.25) is 4.79 Å². The summed E-state index contributed by atoms with van der Waals surface area (Å²) in [4.78, 5) is 25.2. The molecular formula is C15H29NO4. The van der Waals surface area contributed by atoms with E-state index in [1.807, 2.05) is 13.8 Å². The van der Waals surface area contributed by atoms with Crippen molar-refractivity contribution in [2.45, 2.75) is 65.8 Å². The van der Waals surface area contributed by atoms with Crippen molar-refractivity contribution >= 4 is 12.1 Å². The van der Waals surface area contributed by atoms with E-state index in [0.29, 0.717) is 19.8 Å². The van der Waals surface area contributed by atoms with Crippen LogP contribution in [0.2, 0.25) is 0 Å². The molecule has 0 aliphatic heterocycles. The van der Waals surface area contributed by atoms with Crippen molar-refractivity contribution < 1.29 is 19.1 Å². The normalized spacial score (nSPS) is 11.8. The third-order valence-electron chi connectivity index (χ3n) is 3.01. The van der Waals surface area contributed by atoms with Crippen molar-refractivity contribution in [2.24, 2.45) is 0 Å². The molecule has 1 atom stereocenters. The zero-order chi connectivity index (χ0) is 15.4. The highest BCUT2D eigenvalue weighted by atomic mass is 16.6. The Labute approximate surface area is 122 Å². The van der Waals surface area contributed by atoms with Crippen LogP contribution in [0.5, 0.6) is 0 Å². The molecule has 20 heavy (non-hydrogen) atoms. The van der Waals surface area contributed by atoms with E-state index in [9.17, 15) is 9.59 Å². The van der Waals surface area contributed by atoms with Gasteiger partial charge >= 0.3 is 12.1 Å². The summed E-state index contributed by atoms with van der Waals surface area (Å²) in [6, 6.07) is -0.199. The lowest BCUT2D eigenvalue weighted by atomic mass is 10.2. The largest absolute Gasteiger partial charge is 0.466 e. The van der Waals surface area contributed by atoms with E-state index in [4.69, 9.17) is 9.47 Å². The molecule has 0 aromatic rings. The van der Waals surface area contributed by atoms with E-state index in [1.54, 1.807) is 11.8 Å². The molecular weight excluding hydrogens is 258 g/mol. The maximum Gasteiger partial charge on any atom is 0.410 e. The second-order valence-electron chi connectivity index (χ2n) is 4.87. The second-order valence-corrected chi connectivity index (χ2v) is 4.87. The monoisotopic (exact) mass is 287 g/mol. The Morgan fingerprint density at radius 2 is 1.70 bits per heavy atom.